The summed E-state index contributed by atoms with van der Waals surface area (Å²) in [5.74, 6) is 0.148. The lowest BCUT2D eigenvalue weighted by Gasteiger charge is -2.34. The minimum Gasteiger partial charge on any atom is -0.506 e. The monoisotopic (exact) mass is 2500 g/mol. The van der Waals surface area contributed by atoms with Crippen molar-refractivity contribution < 1.29 is 90.6 Å². The Hall–Kier alpha value is -6.78. The maximum Gasteiger partial charge on any atom is 0.298 e. The minimum absolute atomic E-state index is 0.00271. The van der Waals surface area contributed by atoms with Gasteiger partial charge in [0.15, 0.2) is 22.8 Å². The van der Waals surface area contributed by atoms with Crippen LogP contribution in [0.5, 0.6) is 34.5 Å². The quantitative estimate of drug-likeness (QED) is 0.0489. The first-order valence-corrected chi connectivity index (χ1v) is 54.1. The zero-order chi connectivity index (χ0) is 98.2. The molecule has 132 heavy (non-hydrogen) atoms. The number of benzene rings is 10. The summed E-state index contributed by atoms with van der Waals surface area (Å²) in [7, 11) is -14.0. The van der Waals surface area contributed by atoms with Crippen molar-refractivity contribution in [2.75, 3.05) is 14.2 Å². The van der Waals surface area contributed by atoms with Gasteiger partial charge in [-0.05, 0) is 440 Å². The van der Waals surface area contributed by atoms with Crippen LogP contribution in [0.3, 0.4) is 0 Å². The van der Waals surface area contributed by atoms with E-state index in [4.69, 9.17) is 16.7 Å². The highest BCUT2D eigenvalue weighted by atomic mass is 79.9. The molecule has 10 aromatic rings. The van der Waals surface area contributed by atoms with E-state index in [0.717, 1.165) is 30.9 Å². The first-order chi connectivity index (χ1) is 61.5. The van der Waals surface area contributed by atoms with E-state index in [1.54, 1.807) is 143 Å². The molecule has 4 aliphatic rings. The summed E-state index contributed by atoms with van der Waals surface area (Å²) in [4.78, 5) is 25.5. The summed E-state index contributed by atoms with van der Waals surface area (Å²) < 4.78 is 131. The number of hydrogen-bond donors (Lipinski definition) is 6. The number of carbonyl (C=O) groups is 2. The Morgan fingerprint density at radius 1 is 0.386 bits per heavy atom. The Bertz CT molecular complexity index is 7050. The Balaban J connectivity index is 0.000000170. The van der Waals surface area contributed by atoms with Gasteiger partial charge in [-0.25, -0.2) is 8.37 Å². The first-order valence-electron chi connectivity index (χ1n) is 40.5. The third-order valence-corrected chi connectivity index (χ3v) is 37.0. The fraction of sp³-hybridized carbons (Fsp3) is 0.245. The largest absolute Gasteiger partial charge is 0.506 e. The van der Waals surface area contributed by atoms with E-state index < -0.39 is 51.7 Å². The van der Waals surface area contributed by atoms with E-state index >= 15 is 0 Å². The van der Waals surface area contributed by atoms with E-state index in [2.05, 4.69) is 159 Å². The summed E-state index contributed by atoms with van der Waals surface area (Å²) in [6.07, 6.45) is 5.24. The molecule has 34 heteroatoms. The summed E-state index contributed by atoms with van der Waals surface area (Å²) in [5.41, 5.74) is 12.7. The molecular weight excluding hydrogens is 2420 g/mol. The lowest BCUT2D eigenvalue weighted by molar-refractivity contribution is -0.112. The van der Waals surface area contributed by atoms with Gasteiger partial charge < -0.3 is 30.6 Å². The molecule has 6 N–H and O–H groups in total. The Morgan fingerprint density at radius 3 is 1.13 bits per heavy atom. The van der Waals surface area contributed by atoms with Crippen LogP contribution in [0.4, 0.5) is 0 Å². The maximum absolute atomic E-state index is 13.4. The highest BCUT2D eigenvalue weighted by Crippen LogP contribution is 2.60. The second kappa shape index (κ2) is 40.7. The molecule has 2 aliphatic carbocycles. The number of phenols is 6. The maximum atomic E-state index is 13.4. The zero-order valence-electron chi connectivity index (χ0n) is 74.1. The van der Waals surface area contributed by atoms with E-state index in [1.807, 2.05) is 107 Å². The van der Waals surface area contributed by atoms with Crippen molar-refractivity contribution in [3.63, 3.8) is 0 Å². The number of allylic oxidation sites excluding steroid dienone is 10. The highest BCUT2D eigenvalue weighted by molar-refractivity contribution is 9.12. The van der Waals surface area contributed by atoms with Crippen LogP contribution in [0.1, 0.15) is 193 Å². The van der Waals surface area contributed by atoms with Crippen molar-refractivity contribution in [3.05, 3.63) is 336 Å². The fourth-order valence-corrected chi connectivity index (χ4v) is 26.0. The highest BCUT2D eigenvalue weighted by Gasteiger charge is 2.56. The smallest absolute Gasteiger partial charge is 0.298 e. The van der Waals surface area contributed by atoms with Gasteiger partial charge in [-0.3, -0.25) is 18.0 Å². The summed E-state index contributed by atoms with van der Waals surface area (Å²) >= 11 is 34.3. The van der Waals surface area contributed by atoms with Gasteiger partial charge in [0.1, 0.15) is 54.1 Å². The van der Waals surface area contributed by atoms with Crippen molar-refractivity contribution in [1.82, 2.24) is 0 Å². The number of aromatic hydroxyl groups is 6. The van der Waals surface area contributed by atoms with Crippen molar-refractivity contribution in [2.45, 2.75) is 159 Å². The summed E-state index contributed by atoms with van der Waals surface area (Å²) in [5, 5.41) is 63.5. The van der Waals surface area contributed by atoms with E-state index in [0.29, 0.717) is 173 Å². The molecule has 0 radical (unpaired) electrons. The molecule has 0 aromatic heterocycles. The van der Waals surface area contributed by atoms with E-state index in [-0.39, 0.29) is 89.3 Å². The zero-order valence-corrected chi connectivity index (χ0v) is 93.3. The van der Waals surface area contributed by atoms with E-state index in [1.165, 1.54) is 18.2 Å². The summed E-state index contributed by atoms with van der Waals surface area (Å²) in [6, 6.07) is 38.9. The van der Waals surface area contributed by atoms with Crippen LogP contribution in [0.2, 0.25) is 0 Å². The van der Waals surface area contributed by atoms with Crippen LogP contribution in [-0.4, -0.2) is 90.1 Å². The van der Waals surface area contributed by atoms with Gasteiger partial charge >= 0.3 is 0 Å². The van der Waals surface area contributed by atoms with Crippen LogP contribution < -0.4 is 0 Å². The number of ketones is 2. The second-order valence-corrected chi connectivity index (χ2v) is 47.4. The number of phenolic OH excluding ortho intramolecular Hbond substituents is 6. The molecule has 0 fully saturated rings. The SMILES string of the molecule is COS(=O)(=O)c1ccccc1/C(=C1\C=C(C(C)C)C(=O)C(Br)=C1C)c1cc(C(C)C)c(O)c(Br)c1C.COS(=O)(=O)c1ccccc1/C(=C1\C=C(C)C(=O)C(Br)=C1)c1cc(C)c(O)c(Br)c1.Cc1c(C2(c3cc(Br)c(O)c(Br)c3C)OS(=O)(=O)c3ccccc32)cc(Br)c(O)c1Br.Cc1c(C2(c3cc(C(C)C)c(O)c(Br)c3C)OS(=O)(=O)c3ccccc32)cc(C(C)C)c(O)c1Br. The molecule has 0 bridgehead atoms. The number of aryl methyl sites for hydroxylation is 1. The standard InChI is InChI=1S/C28H30Br2O5S.C27H28Br2O5S.C22H18Br2O5S.C21H14Br4O5S/c1-14(2)19-12-21(16(5)25(29)27(19)31)24(18-10-8-9-11-23(18)36(33,34)35-7)22-13-20(15(3)4)28(32)26(30)17(22)6;1-13(2)17-11-20(15(5)23(28)25(17)30)27(19-9-7-8-10-22(19)35(32,33)34-27)21-12-18(14(3)4)26(31)24(29)16(21)6;1-12-8-14(10-17(23)21(12)25)20(15-9-13(2)22(26)18(24)11-15)16-6-4-5-7-19(16)30(27,28)29-3;1-9-12(7-14(22)19(26)17(9)24)21(13-8-15(23)20(27)18(25)10(13)2)11-5-3-4-6-16(11)31(28,29)30-21/h8-15,31H,1-7H3;7-14,30-31H,1-6H3;4-11,25H,1-3H3;3-8,26-27H,1-2H3/b24-22-;;20-15+;. The third-order valence-electron chi connectivity index (χ3n) is 23.4. The van der Waals surface area contributed by atoms with E-state index in [9.17, 15) is 73.9 Å². The minimum atomic E-state index is -4.11. The third kappa shape index (κ3) is 19.5. The number of Topliss-reactive ketones (excluding diaryl/α,β-unsaturated/α-hetero) is 2. The normalized spacial score (nSPS) is 16.2. The number of halogens is 10. The van der Waals surface area contributed by atoms with Crippen LogP contribution >= 0.6 is 159 Å². The van der Waals surface area contributed by atoms with Crippen LogP contribution in [0.15, 0.2) is 250 Å². The Morgan fingerprint density at radius 2 is 0.742 bits per heavy atom. The predicted molar refractivity (Wildman–Crippen MR) is 549 cm³/mol. The van der Waals surface area contributed by atoms with Gasteiger partial charge in [-0.1, -0.05) is 128 Å². The molecule has 0 saturated carbocycles. The van der Waals surface area contributed by atoms with Crippen LogP contribution in [0.25, 0.3) is 11.1 Å². The molecular formula is C98H90Br10O20S4. The first kappa shape index (κ1) is 106. The fourth-order valence-electron chi connectivity index (χ4n) is 16.3. The predicted octanol–water partition coefficient (Wildman–Crippen LogP) is 27.2. The molecule has 0 unspecified atom stereocenters. The second-order valence-electron chi connectivity index (χ2n) is 32.8. The van der Waals surface area contributed by atoms with Crippen LogP contribution in [-0.2, 0) is 78.0 Å². The summed E-state index contributed by atoms with van der Waals surface area (Å²) in [6.45, 7) is 30.1. The molecule has 2 aliphatic heterocycles. The van der Waals surface area contributed by atoms with Gasteiger partial charge in [-0.15, -0.1) is 0 Å². The molecule has 14 rings (SSSR count). The lowest BCUT2D eigenvalue weighted by atomic mass is 9.75. The number of fused-ring (bicyclic) bond motifs is 2. The number of hydrogen-bond acceptors (Lipinski definition) is 20. The van der Waals surface area contributed by atoms with Crippen molar-refractivity contribution >= 4 is 222 Å². The molecule has 10 aromatic carbocycles. The molecule has 0 amide bonds. The lowest BCUT2D eigenvalue weighted by Crippen LogP contribution is -2.32. The molecule has 20 nitrogen and oxygen atoms in total. The molecule has 2 heterocycles. The average molecular weight is 2520 g/mol. The number of rotatable bonds is 16. The average Bonchev–Trinajstić information content (AvgIpc) is 1.53. The Kier molecular flexibility index (Phi) is 32.6. The molecule has 696 valence electrons. The van der Waals surface area contributed by atoms with Crippen molar-refractivity contribution in [2.24, 2.45) is 5.92 Å². The topological polar surface area (TPSA) is 329 Å². The van der Waals surface area contributed by atoms with Gasteiger partial charge in [0.2, 0.25) is 0 Å². The van der Waals surface area contributed by atoms with Gasteiger partial charge in [0.25, 0.3) is 40.5 Å². The molecule has 0 spiro atoms. The van der Waals surface area contributed by atoms with Gasteiger partial charge in [0.05, 0.1) is 59.0 Å². The van der Waals surface area contributed by atoms with Crippen molar-refractivity contribution in [1.29, 1.82) is 0 Å². The molecule has 0 saturated heterocycles. The Labute approximate surface area is 853 Å². The molecule has 0 atom stereocenters. The van der Waals surface area contributed by atoms with Crippen LogP contribution in [0, 0.1) is 47.5 Å². The number of carbonyl (C=O) groups excluding carboxylic acids is 2. The van der Waals surface area contributed by atoms with Gasteiger partial charge in [-0.2, -0.15) is 33.7 Å². The van der Waals surface area contributed by atoms with Crippen molar-refractivity contribution in [3.8, 4) is 34.5 Å². The van der Waals surface area contributed by atoms with Gasteiger partial charge in [0, 0.05) is 27.8 Å².